The molecule has 0 spiro atoms. The quantitative estimate of drug-likeness (QED) is 0.226. The van der Waals surface area contributed by atoms with Crippen LogP contribution in [0, 0.1) is 40.9 Å². The van der Waals surface area contributed by atoms with Crippen LogP contribution < -0.4 is 0 Å². The summed E-state index contributed by atoms with van der Waals surface area (Å²) in [5.41, 5.74) is 1.80. The maximum absolute atomic E-state index is 14.6. The molecule has 33 heavy (non-hydrogen) atoms. The highest BCUT2D eigenvalue weighted by atomic mass is 19.2. The molecule has 0 aromatic heterocycles. The molecule has 0 aliphatic heterocycles. The van der Waals surface area contributed by atoms with Gasteiger partial charge < -0.3 is 0 Å². The van der Waals surface area contributed by atoms with Gasteiger partial charge in [-0.15, -0.1) is 0 Å². The Morgan fingerprint density at radius 2 is 1.24 bits per heavy atom. The van der Waals surface area contributed by atoms with Crippen LogP contribution >= 0.6 is 0 Å². The Balaban J connectivity index is 1.54. The fourth-order valence-electron chi connectivity index (χ4n) is 3.64. The first-order chi connectivity index (χ1) is 15.8. The topological polar surface area (TPSA) is 0 Å². The Labute approximate surface area is 188 Å². The number of rotatable bonds is 4. The van der Waals surface area contributed by atoms with E-state index in [0.717, 1.165) is 24.1 Å². The molecule has 0 N–H and O–H groups in total. The molecule has 166 valence electrons. The van der Waals surface area contributed by atoms with E-state index >= 15 is 0 Å². The molecule has 5 heteroatoms. The summed E-state index contributed by atoms with van der Waals surface area (Å²) in [6.07, 6.45) is 1.31. The van der Waals surface area contributed by atoms with Crippen molar-refractivity contribution in [3.05, 3.63) is 118 Å². The lowest BCUT2D eigenvalue weighted by Gasteiger charge is -2.07. The van der Waals surface area contributed by atoms with E-state index in [0.29, 0.717) is 33.9 Å². The lowest BCUT2D eigenvalue weighted by molar-refractivity contribution is 0.511. The van der Waals surface area contributed by atoms with Crippen molar-refractivity contribution in [2.45, 2.75) is 26.2 Å². The lowest BCUT2D eigenvalue weighted by atomic mass is 10.0. The van der Waals surface area contributed by atoms with Crippen molar-refractivity contribution in [3.8, 4) is 11.8 Å². The molecule has 0 amide bonds. The highest BCUT2D eigenvalue weighted by Gasteiger charge is 2.11. The van der Waals surface area contributed by atoms with Gasteiger partial charge in [0.25, 0.3) is 0 Å². The molecule has 0 bridgehead atoms. The van der Waals surface area contributed by atoms with Crippen LogP contribution in [0.4, 0.5) is 22.0 Å². The number of aryl methyl sites for hydroxylation is 3. The number of hydrogen-bond donors (Lipinski definition) is 0. The van der Waals surface area contributed by atoms with Crippen molar-refractivity contribution >= 4 is 10.8 Å². The molecule has 0 aliphatic carbocycles. The molecule has 4 aromatic carbocycles. The summed E-state index contributed by atoms with van der Waals surface area (Å²) in [4.78, 5) is 0. The summed E-state index contributed by atoms with van der Waals surface area (Å²) in [5, 5.41) is 0.915. The van der Waals surface area contributed by atoms with Crippen LogP contribution in [0.2, 0.25) is 0 Å². The molecular formula is C28H19F5. The maximum atomic E-state index is 14.6. The summed E-state index contributed by atoms with van der Waals surface area (Å²) in [6.45, 7) is 1.94. The van der Waals surface area contributed by atoms with Gasteiger partial charge in [0.15, 0.2) is 11.6 Å². The highest BCUT2D eigenvalue weighted by Crippen LogP contribution is 2.21. The molecule has 4 rings (SSSR count). The van der Waals surface area contributed by atoms with Crippen molar-refractivity contribution in [1.29, 1.82) is 0 Å². The van der Waals surface area contributed by atoms with Crippen LogP contribution in [0.3, 0.4) is 0 Å². The Kier molecular flexibility index (Phi) is 6.46. The number of benzene rings is 4. The summed E-state index contributed by atoms with van der Waals surface area (Å²) in [7, 11) is 0. The second-order valence-corrected chi connectivity index (χ2v) is 7.79. The smallest absolute Gasteiger partial charge is 0.159 e. The van der Waals surface area contributed by atoms with Gasteiger partial charge in [0.05, 0.1) is 5.56 Å². The van der Waals surface area contributed by atoms with E-state index in [-0.39, 0.29) is 17.8 Å². The normalized spacial score (nSPS) is 10.8. The molecule has 0 saturated carbocycles. The third kappa shape index (κ3) is 5.06. The van der Waals surface area contributed by atoms with Crippen LogP contribution in [0.5, 0.6) is 0 Å². The van der Waals surface area contributed by atoms with Crippen molar-refractivity contribution in [2.24, 2.45) is 0 Å². The average molecular weight is 450 g/mol. The zero-order valence-corrected chi connectivity index (χ0v) is 17.8. The minimum Gasteiger partial charge on any atom is -0.207 e. The molecule has 0 aliphatic rings. The van der Waals surface area contributed by atoms with Crippen LogP contribution in [0.15, 0.2) is 60.7 Å². The first-order valence-corrected chi connectivity index (χ1v) is 10.5. The molecule has 0 nitrogen and oxygen atoms in total. The van der Waals surface area contributed by atoms with Gasteiger partial charge >= 0.3 is 0 Å². The van der Waals surface area contributed by atoms with Crippen molar-refractivity contribution in [2.75, 3.05) is 0 Å². The van der Waals surface area contributed by atoms with Gasteiger partial charge in [0.1, 0.15) is 17.5 Å². The van der Waals surface area contributed by atoms with Crippen molar-refractivity contribution in [3.63, 3.8) is 0 Å². The van der Waals surface area contributed by atoms with Crippen LogP contribution in [-0.2, 0) is 19.3 Å². The third-order valence-electron chi connectivity index (χ3n) is 5.52. The fourth-order valence-corrected chi connectivity index (χ4v) is 3.64. The van der Waals surface area contributed by atoms with Gasteiger partial charge in [-0.3, -0.25) is 0 Å². The Bertz CT molecular complexity index is 1390. The van der Waals surface area contributed by atoms with E-state index < -0.39 is 23.3 Å². The molecule has 0 atom stereocenters. The molecule has 0 saturated heterocycles. The monoisotopic (exact) mass is 450 g/mol. The Hall–Kier alpha value is -3.65. The predicted molar refractivity (Wildman–Crippen MR) is 119 cm³/mol. The first-order valence-electron chi connectivity index (χ1n) is 10.5. The fraction of sp³-hybridized carbons (Fsp3) is 0.143. The minimum atomic E-state index is -0.985. The predicted octanol–water partition coefficient (Wildman–Crippen LogP) is 7.28. The van der Waals surface area contributed by atoms with Gasteiger partial charge in [-0.2, -0.15) is 0 Å². The van der Waals surface area contributed by atoms with E-state index in [2.05, 4.69) is 11.8 Å². The maximum Gasteiger partial charge on any atom is 0.159 e. The standard InChI is InChI=1S/C28H19F5/c1-2-17-3-7-20(24(29)12-17)8-5-19-13-25(30)23(26(31)14-19)10-6-18-4-9-21-15-27(32)28(33)16-22(21)11-18/h3-4,7,9,11-16H,2,5,8H2,1H3. The first kappa shape index (κ1) is 22.5. The molecule has 4 aromatic rings. The third-order valence-corrected chi connectivity index (χ3v) is 5.52. The van der Waals surface area contributed by atoms with Gasteiger partial charge in [0.2, 0.25) is 0 Å². The van der Waals surface area contributed by atoms with Gasteiger partial charge in [0, 0.05) is 5.56 Å². The van der Waals surface area contributed by atoms with E-state index in [1.165, 1.54) is 24.3 Å². The SMILES string of the molecule is CCc1ccc(CCc2cc(F)c(C#Cc3ccc4cc(F)c(F)cc4c3)c(F)c2)c(F)c1. The molecule has 0 radical (unpaired) electrons. The van der Waals surface area contributed by atoms with Crippen molar-refractivity contribution < 1.29 is 22.0 Å². The molecule has 0 unspecified atom stereocenters. The van der Waals surface area contributed by atoms with Gasteiger partial charge in [-0.1, -0.05) is 37.0 Å². The summed E-state index contributed by atoms with van der Waals surface area (Å²) < 4.78 is 70.1. The Morgan fingerprint density at radius 1 is 0.576 bits per heavy atom. The average Bonchev–Trinajstić information content (AvgIpc) is 2.78. The van der Waals surface area contributed by atoms with Crippen LogP contribution in [-0.4, -0.2) is 0 Å². The second-order valence-electron chi connectivity index (χ2n) is 7.79. The largest absolute Gasteiger partial charge is 0.207 e. The highest BCUT2D eigenvalue weighted by molar-refractivity contribution is 5.84. The number of hydrogen-bond acceptors (Lipinski definition) is 0. The van der Waals surface area contributed by atoms with E-state index in [1.807, 2.05) is 13.0 Å². The Morgan fingerprint density at radius 3 is 1.91 bits per heavy atom. The number of fused-ring (bicyclic) bond motifs is 1. The molecular weight excluding hydrogens is 431 g/mol. The lowest BCUT2D eigenvalue weighted by Crippen LogP contribution is -1.99. The van der Waals surface area contributed by atoms with E-state index in [1.54, 1.807) is 18.2 Å². The second kappa shape index (κ2) is 9.46. The summed E-state index contributed by atoms with van der Waals surface area (Å²) in [6, 6.07) is 14.2. The summed E-state index contributed by atoms with van der Waals surface area (Å²) >= 11 is 0. The summed E-state index contributed by atoms with van der Waals surface area (Å²) in [5.74, 6) is 1.27. The minimum absolute atomic E-state index is 0.275. The molecule has 0 heterocycles. The van der Waals surface area contributed by atoms with E-state index in [9.17, 15) is 22.0 Å². The van der Waals surface area contributed by atoms with Crippen LogP contribution in [0.1, 0.15) is 34.7 Å². The van der Waals surface area contributed by atoms with E-state index in [4.69, 9.17) is 0 Å². The van der Waals surface area contributed by atoms with Crippen molar-refractivity contribution in [1.82, 2.24) is 0 Å². The van der Waals surface area contributed by atoms with Gasteiger partial charge in [-0.05, 0) is 89.2 Å². The molecule has 0 fully saturated rings. The zero-order valence-electron chi connectivity index (χ0n) is 17.8. The number of halogens is 5. The van der Waals surface area contributed by atoms with Gasteiger partial charge in [-0.25, -0.2) is 22.0 Å². The van der Waals surface area contributed by atoms with Crippen LogP contribution in [0.25, 0.3) is 10.8 Å². The zero-order chi connectivity index (χ0) is 23.5.